The number of rotatable bonds is 7. The number of hydrogen-bond acceptors (Lipinski definition) is 4. The van der Waals surface area contributed by atoms with Crippen LogP contribution in [0.2, 0.25) is 5.02 Å². The molecule has 3 aromatic carbocycles. The normalized spacial score (nSPS) is 20.0. The largest absolute Gasteiger partial charge is 0.338 e. The molecule has 1 atom stereocenters. The lowest BCUT2D eigenvalue weighted by atomic mass is 10.0. The number of carbonyl (C=O) groups excluding carboxylic acids is 1. The number of benzene rings is 3. The summed E-state index contributed by atoms with van der Waals surface area (Å²) in [5.41, 5.74) is 0.857. The Hall–Kier alpha value is -2.45. The quantitative estimate of drug-likeness (QED) is 0.416. The van der Waals surface area contributed by atoms with Gasteiger partial charge >= 0.3 is 0 Å². The minimum atomic E-state index is -3.95. The molecule has 0 unspecified atom stereocenters. The highest BCUT2D eigenvalue weighted by Crippen LogP contribution is 2.32. The average Bonchev–Trinajstić information content (AvgIpc) is 3.28. The summed E-state index contributed by atoms with van der Waals surface area (Å²) in [6.45, 7) is 7.06. The van der Waals surface area contributed by atoms with Crippen LogP contribution >= 0.6 is 11.6 Å². The zero-order valence-electron chi connectivity index (χ0n) is 21.4. The Morgan fingerprint density at radius 3 is 2.30 bits per heavy atom. The molecule has 2 aliphatic heterocycles. The summed E-state index contributed by atoms with van der Waals surface area (Å²) in [4.78, 5) is 18.3. The molecule has 0 saturated carbocycles. The lowest BCUT2D eigenvalue weighted by molar-refractivity contribution is -0.133. The van der Waals surface area contributed by atoms with E-state index < -0.39 is 16.1 Å². The summed E-state index contributed by atoms with van der Waals surface area (Å²) in [6, 6.07) is 19.9. The molecule has 1 amide bonds. The Labute approximate surface area is 224 Å². The van der Waals surface area contributed by atoms with E-state index in [0.717, 1.165) is 42.3 Å². The highest BCUT2D eigenvalue weighted by molar-refractivity contribution is 7.89. The first kappa shape index (κ1) is 26.2. The van der Waals surface area contributed by atoms with Gasteiger partial charge in [-0.25, -0.2) is 8.42 Å². The van der Waals surface area contributed by atoms with Gasteiger partial charge in [-0.05, 0) is 73.7 Å². The van der Waals surface area contributed by atoms with Crippen LogP contribution in [-0.2, 0) is 21.4 Å². The smallest absolute Gasteiger partial charge is 0.244 e. The molecule has 3 aromatic rings. The third-order valence-electron chi connectivity index (χ3n) is 7.79. The van der Waals surface area contributed by atoms with E-state index in [1.165, 1.54) is 4.31 Å². The summed E-state index contributed by atoms with van der Waals surface area (Å²) in [6.07, 6.45) is 2.35. The fourth-order valence-corrected chi connectivity index (χ4v) is 7.46. The van der Waals surface area contributed by atoms with Gasteiger partial charge in [-0.3, -0.25) is 4.79 Å². The van der Waals surface area contributed by atoms with Crippen molar-refractivity contribution in [3.63, 3.8) is 0 Å². The van der Waals surface area contributed by atoms with E-state index in [0.29, 0.717) is 24.0 Å². The fourth-order valence-electron chi connectivity index (χ4n) is 5.65. The van der Waals surface area contributed by atoms with Crippen molar-refractivity contribution in [1.82, 2.24) is 14.1 Å². The van der Waals surface area contributed by atoms with Crippen molar-refractivity contribution in [2.45, 2.75) is 62.7 Å². The summed E-state index contributed by atoms with van der Waals surface area (Å²) in [5, 5.41) is 2.27. The van der Waals surface area contributed by atoms with Crippen LogP contribution in [0.3, 0.4) is 0 Å². The second kappa shape index (κ2) is 10.7. The van der Waals surface area contributed by atoms with Crippen molar-refractivity contribution >= 4 is 38.3 Å². The van der Waals surface area contributed by atoms with Crippen LogP contribution in [0, 0.1) is 0 Å². The molecule has 2 saturated heterocycles. The molecule has 2 aliphatic rings. The molecule has 8 heteroatoms. The Morgan fingerprint density at radius 1 is 0.919 bits per heavy atom. The van der Waals surface area contributed by atoms with E-state index in [1.807, 2.05) is 47.4 Å². The van der Waals surface area contributed by atoms with E-state index in [-0.39, 0.29) is 23.4 Å². The minimum absolute atomic E-state index is 0.0740. The molecule has 0 aromatic heterocycles. The average molecular weight is 540 g/mol. The second-order valence-corrected chi connectivity index (χ2v) is 12.7. The van der Waals surface area contributed by atoms with E-state index >= 15 is 0 Å². The second-order valence-electron chi connectivity index (χ2n) is 10.4. The molecule has 2 fully saturated rings. The summed E-state index contributed by atoms with van der Waals surface area (Å²) < 4.78 is 29.6. The Bertz CT molecular complexity index is 1370. The van der Waals surface area contributed by atoms with Gasteiger partial charge in [0.25, 0.3) is 0 Å². The van der Waals surface area contributed by atoms with Crippen molar-refractivity contribution < 1.29 is 13.2 Å². The summed E-state index contributed by atoms with van der Waals surface area (Å²) in [7, 11) is -3.95. The Kier molecular flexibility index (Phi) is 7.59. The molecule has 196 valence electrons. The first-order valence-corrected chi connectivity index (χ1v) is 14.9. The molecule has 37 heavy (non-hydrogen) atoms. The van der Waals surface area contributed by atoms with Crippen molar-refractivity contribution in [1.29, 1.82) is 0 Å². The van der Waals surface area contributed by atoms with Gasteiger partial charge in [-0.15, -0.1) is 0 Å². The van der Waals surface area contributed by atoms with Crippen molar-refractivity contribution in [3.8, 4) is 0 Å². The highest BCUT2D eigenvalue weighted by Gasteiger charge is 2.44. The van der Waals surface area contributed by atoms with Crippen LogP contribution in [0.1, 0.15) is 38.7 Å². The number of likely N-dealkylation sites (tertiary alicyclic amines) is 2. The van der Waals surface area contributed by atoms with Gasteiger partial charge < -0.3 is 9.80 Å². The molecule has 2 heterocycles. The number of amides is 1. The molecule has 0 spiro atoms. The molecule has 0 radical (unpaired) electrons. The van der Waals surface area contributed by atoms with Crippen molar-refractivity contribution in [2.24, 2.45) is 0 Å². The molecular formula is C29H34ClN3O3S. The van der Waals surface area contributed by atoms with Crippen molar-refractivity contribution in [2.75, 3.05) is 19.6 Å². The fraction of sp³-hybridized carbons (Fsp3) is 0.414. The van der Waals surface area contributed by atoms with Crippen LogP contribution < -0.4 is 0 Å². The molecule has 6 nitrogen and oxygen atoms in total. The van der Waals surface area contributed by atoms with Crippen LogP contribution in [0.15, 0.2) is 71.6 Å². The first-order valence-electron chi connectivity index (χ1n) is 13.0. The Balaban J connectivity index is 1.44. The molecule has 0 N–H and O–H groups in total. The molecule has 5 rings (SSSR count). The van der Waals surface area contributed by atoms with Gasteiger partial charge in [0.15, 0.2) is 0 Å². The highest BCUT2D eigenvalue weighted by atomic mass is 35.5. The maximum absolute atomic E-state index is 14.1. The number of nitrogens with zero attached hydrogens (tertiary/aromatic N) is 3. The van der Waals surface area contributed by atoms with E-state index in [1.54, 1.807) is 24.3 Å². The topological polar surface area (TPSA) is 60.9 Å². The van der Waals surface area contributed by atoms with Crippen LogP contribution in [0.4, 0.5) is 0 Å². The van der Waals surface area contributed by atoms with Crippen LogP contribution in [0.5, 0.6) is 0 Å². The van der Waals surface area contributed by atoms with Gasteiger partial charge in [-0.2, -0.15) is 4.31 Å². The standard InChI is InChI=1S/C29H34ClN3O3S/c1-21(2)31-15-12-26(13-16-31)32-17-14-28(29(32)34)33(20-22-6-4-3-5-7-22)37(35,36)27-11-9-23-18-25(30)10-8-24(23)19-27/h3-11,18-19,21,26,28H,12-17,20H2,1-2H3/t28-/m0/s1. The maximum Gasteiger partial charge on any atom is 0.244 e. The number of sulfonamides is 1. The van der Waals surface area contributed by atoms with Gasteiger partial charge in [0.05, 0.1) is 4.90 Å². The van der Waals surface area contributed by atoms with Crippen LogP contribution in [-0.4, -0.2) is 66.2 Å². The summed E-state index contributed by atoms with van der Waals surface area (Å²) >= 11 is 6.12. The van der Waals surface area contributed by atoms with E-state index in [4.69, 9.17) is 11.6 Å². The van der Waals surface area contributed by atoms with Crippen LogP contribution in [0.25, 0.3) is 10.8 Å². The van der Waals surface area contributed by atoms with Gasteiger partial charge in [-0.1, -0.05) is 54.1 Å². The van der Waals surface area contributed by atoms with Gasteiger partial charge in [0.2, 0.25) is 15.9 Å². The van der Waals surface area contributed by atoms with E-state index in [9.17, 15) is 13.2 Å². The number of hydrogen-bond donors (Lipinski definition) is 0. The maximum atomic E-state index is 14.1. The van der Waals surface area contributed by atoms with Crippen molar-refractivity contribution in [3.05, 3.63) is 77.3 Å². The zero-order chi connectivity index (χ0) is 26.2. The van der Waals surface area contributed by atoms with E-state index in [2.05, 4.69) is 18.7 Å². The lowest BCUT2D eigenvalue weighted by Crippen LogP contribution is -2.50. The van der Waals surface area contributed by atoms with Gasteiger partial charge in [0, 0.05) is 43.3 Å². The number of carbonyl (C=O) groups is 1. The third kappa shape index (κ3) is 5.41. The first-order chi connectivity index (χ1) is 17.7. The minimum Gasteiger partial charge on any atom is -0.338 e. The predicted molar refractivity (Wildman–Crippen MR) is 148 cm³/mol. The molecule has 0 bridgehead atoms. The molecule has 0 aliphatic carbocycles. The number of fused-ring (bicyclic) bond motifs is 1. The Morgan fingerprint density at radius 2 is 1.59 bits per heavy atom. The number of halogens is 1. The predicted octanol–water partition coefficient (Wildman–Crippen LogP) is 5.16. The molecular weight excluding hydrogens is 506 g/mol. The lowest BCUT2D eigenvalue weighted by Gasteiger charge is -2.38. The SMILES string of the molecule is CC(C)N1CCC(N2CC[C@H](N(Cc3ccccc3)S(=O)(=O)c3ccc4cc(Cl)ccc4c3)C2=O)CC1. The monoisotopic (exact) mass is 539 g/mol. The van der Waals surface area contributed by atoms with Gasteiger partial charge in [0.1, 0.15) is 6.04 Å². The third-order valence-corrected chi connectivity index (χ3v) is 9.88. The summed E-state index contributed by atoms with van der Waals surface area (Å²) in [5.74, 6) is -0.0740. The number of piperidine rings is 1. The zero-order valence-corrected chi connectivity index (χ0v) is 23.0.